The minimum absolute atomic E-state index is 1.17. The van der Waals surface area contributed by atoms with Crippen molar-refractivity contribution < 1.29 is 0 Å². The Kier molecular flexibility index (Phi) is 5.08. The van der Waals surface area contributed by atoms with Crippen molar-refractivity contribution in [1.29, 1.82) is 0 Å². The predicted molar refractivity (Wildman–Crippen MR) is 85.9 cm³/mol. The van der Waals surface area contributed by atoms with Crippen LogP contribution in [0.1, 0.15) is 5.56 Å². The summed E-state index contributed by atoms with van der Waals surface area (Å²) in [4.78, 5) is 7.61. The fraction of sp³-hybridized carbons (Fsp3) is 0.467. The van der Waals surface area contributed by atoms with Crippen LogP contribution in [0.2, 0.25) is 38.9 Å². The monoisotopic (exact) mass is 354 g/mol. The van der Waals surface area contributed by atoms with Gasteiger partial charge in [0, 0.05) is 0 Å². The van der Waals surface area contributed by atoms with Gasteiger partial charge in [0.05, 0.1) is 0 Å². The Labute approximate surface area is 112 Å². The Bertz CT molecular complexity index is 380. The van der Waals surface area contributed by atoms with E-state index in [2.05, 4.69) is 70.9 Å². The summed E-state index contributed by atoms with van der Waals surface area (Å²) in [6.07, 6.45) is 2.47. The van der Waals surface area contributed by atoms with Crippen molar-refractivity contribution in [3.05, 3.63) is 41.1 Å². The van der Waals surface area contributed by atoms with Crippen molar-refractivity contribution in [2.24, 2.45) is 0 Å². The maximum atomic E-state index is 2.54. The van der Waals surface area contributed by atoms with Crippen LogP contribution in [0.25, 0.3) is 6.08 Å². The maximum absolute atomic E-state index is 2.54. The third-order valence-corrected chi connectivity index (χ3v) is 10.2. The zero-order valence-corrected chi connectivity index (χ0v) is 16.0. The molecule has 0 bridgehead atoms. The van der Waals surface area contributed by atoms with Crippen LogP contribution < -0.4 is 0 Å². The molecule has 0 fully saturated rings. The van der Waals surface area contributed by atoms with Crippen LogP contribution >= 0.6 is 0 Å². The van der Waals surface area contributed by atoms with Gasteiger partial charge in [0.25, 0.3) is 0 Å². The third kappa shape index (κ3) is 5.91. The Morgan fingerprint density at radius 2 is 1.59 bits per heavy atom. The topological polar surface area (TPSA) is 0 Å². The summed E-state index contributed by atoms with van der Waals surface area (Å²) in [5.74, 6) is 0. The third-order valence-electron chi connectivity index (χ3n) is 2.82. The minimum atomic E-state index is -1.73. The van der Waals surface area contributed by atoms with Gasteiger partial charge in [-0.05, 0) is 0 Å². The zero-order chi connectivity index (χ0) is 13.1. The average molecular weight is 353 g/mol. The van der Waals surface area contributed by atoms with Crippen molar-refractivity contribution in [3.8, 4) is 0 Å². The van der Waals surface area contributed by atoms with Crippen molar-refractivity contribution in [2.45, 2.75) is 38.9 Å². The van der Waals surface area contributed by atoms with Crippen molar-refractivity contribution in [2.75, 3.05) is 0 Å². The quantitative estimate of drug-likeness (QED) is 0.646. The van der Waals surface area contributed by atoms with Crippen LogP contribution in [0.4, 0.5) is 0 Å². The second-order valence-electron chi connectivity index (χ2n) is 7.07. The Balaban J connectivity index is 3.04. The van der Waals surface area contributed by atoms with E-state index in [4.69, 9.17) is 0 Å². The molecule has 0 saturated heterocycles. The SMILES string of the molecule is C[Si](C)(C)/C(=C/c1ccccc1)[CH2][Sn]([CH3])([CH3])[CH3]. The van der Waals surface area contributed by atoms with Crippen LogP contribution in [0, 0.1) is 0 Å². The van der Waals surface area contributed by atoms with Gasteiger partial charge in [-0.25, -0.2) is 0 Å². The van der Waals surface area contributed by atoms with Crippen molar-refractivity contribution >= 4 is 32.5 Å². The Morgan fingerprint density at radius 3 is 2.00 bits per heavy atom. The van der Waals surface area contributed by atoms with Crippen molar-refractivity contribution in [1.82, 2.24) is 0 Å². The van der Waals surface area contributed by atoms with Crippen LogP contribution in [0.5, 0.6) is 0 Å². The van der Waals surface area contributed by atoms with Crippen LogP contribution in [0.3, 0.4) is 0 Å². The normalized spacial score (nSPS) is 13.9. The van der Waals surface area contributed by atoms with Gasteiger partial charge < -0.3 is 0 Å². The fourth-order valence-electron chi connectivity index (χ4n) is 1.85. The average Bonchev–Trinajstić information content (AvgIpc) is 2.15. The molecule has 1 rings (SSSR count). The molecule has 0 aliphatic rings. The predicted octanol–water partition coefficient (Wildman–Crippen LogP) is 5.29. The fourth-order valence-corrected chi connectivity index (χ4v) is 14.6. The second-order valence-corrected chi connectivity index (χ2v) is 27.8. The van der Waals surface area contributed by atoms with Gasteiger partial charge in [0.1, 0.15) is 0 Å². The van der Waals surface area contributed by atoms with E-state index in [1.165, 1.54) is 10.0 Å². The second kappa shape index (κ2) is 5.74. The number of rotatable bonds is 4. The van der Waals surface area contributed by atoms with E-state index in [1.54, 1.807) is 5.20 Å². The first-order valence-corrected chi connectivity index (χ1v) is 20.5. The van der Waals surface area contributed by atoms with E-state index in [-0.39, 0.29) is 0 Å². The van der Waals surface area contributed by atoms with Gasteiger partial charge in [-0.3, -0.25) is 0 Å². The van der Waals surface area contributed by atoms with Gasteiger partial charge in [0.2, 0.25) is 0 Å². The van der Waals surface area contributed by atoms with E-state index in [1.807, 2.05) is 0 Å². The number of allylic oxidation sites excluding steroid dienone is 1. The molecule has 0 radical (unpaired) electrons. The molecule has 1 aromatic carbocycles. The first kappa shape index (κ1) is 15.0. The molecule has 0 atom stereocenters. The summed E-state index contributed by atoms with van der Waals surface area (Å²) in [6.45, 7) is 7.41. The van der Waals surface area contributed by atoms with Crippen LogP contribution in [0.15, 0.2) is 35.5 Å². The van der Waals surface area contributed by atoms with E-state index in [0.717, 1.165) is 0 Å². The van der Waals surface area contributed by atoms with Gasteiger partial charge >= 0.3 is 113 Å². The zero-order valence-electron chi connectivity index (χ0n) is 12.2. The molecule has 0 unspecified atom stereocenters. The van der Waals surface area contributed by atoms with E-state index in [0.29, 0.717) is 0 Å². The van der Waals surface area contributed by atoms with Crippen molar-refractivity contribution in [3.63, 3.8) is 0 Å². The van der Waals surface area contributed by atoms with Gasteiger partial charge in [-0.1, -0.05) is 0 Å². The molecule has 0 heterocycles. The Hall–Kier alpha value is -0.0244. The van der Waals surface area contributed by atoms with Crippen LogP contribution in [-0.4, -0.2) is 26.5 Å². The summed E-state index contributed by atoms with van der Waals surface area (Å²) in [6, 6.07) is 10.8. The molecular formula is C15H26SiSn. The molecule has 0 aromatic heterocycles. The summed E-state index contributed by atoms with van der Waals surface area (Å²) >= 11 is -1.73. The first-order chi connectivity index (χ1) is 7.68. The molecular weight excluding hydrogens is 327 g/mol. The molecule has 2 heteroatoms. The first-order valence-electron chi connectivity index (χ1n) is 6.45. The number of hydrogen-bond acceptors (Lipinski definition) is 0. The number of hydrogen-bond donors (Lipinski definition) is 0. The summed E-state index contributed by atoms with van der Waals surface area (Å²) in [5.41, 5.74) is 1.38. The van der Waals surface area contributed by atoms with E-state index < -0.39 is 26.5 Å². The van der Waals surface area contributed by atoms with Gasteiger partial charge in [0.15, 0.2) is 0 Å². The molecule has 0 nitrogen and oxygen atoms in total. The van der Waals surface area contributed by atoms with E-state index in [9.17, 15) is 0 Å². The van der Waals surface area contributed by atoms with Crippen LogP contribution in [-0.2, 0) is 0 Å². The standard InChI is InChI=1S/C12H17Si.3CH3.Sn/c1-11(13(2,3)4)10-12-8-6-5-7-9-12;;;;/h5-10H,1H2,2-4H3;3*1H3;/b11-10+;;;;. The molecule has 0 saturated carbocycles. The van der Waals surface area contributed by atoms with Gasteiger partial charge in [-0.2, -0.15) is 0 Å². The summed E-state index contributed by atoms with van der Waals surface area (Å²) < 4.78 is 1.42. The summed E-state index contributed by atoms with van der Waals surface area (Å²) in [5, 5.41) is 1.76. The molecule has 0 spiro atoms. The summed E-state index contributed by atoms with van der Waals surface area (Å²) in [7, 11) is -1.17. The molecule has 0 aliphatic carbocycles. The van der Waals surface area contributed by atoms with E-state index >= 15 is 0 Å². The molecule has 0 amide bonds. The Morgan fingerprint density at radius 1 is 1.06 bits per heavy atom. The molecule has 94 valence electrons. The number of benzene rings is 1. The molecule has 1 aromatic rings. The molecule has 0 aliphatic heterocycles. The van der Waals surface area contributed by atoms with Gasteiger partial charge in [-0.15, -0.1) is 0 Å². The molecule has 0 N–H and O–H groups in total. The molecule has 17 heavy (non-hydrogen) atoms.